The second-order valence-corrected chi connectivity index (χ2v) is 8.85. The van der Waals surface area contributed by atoms with Crippen LogP contribution >= 0.6 is 10.8 Å². The molecule has 1 aromatic carbocycles. The van der Waals surface area contributed by atoms with Crippen LogP contribution in [0, 0.1) is 0 Å². The zero-order chi connectivity index (χ0) is 17.0. The molecule has 5 nitrogen and oxygen atoms in total. The lowest BCUT2D eigenvalue weighted by Gasteiger charge is -2.46. The molecule has 1 aliphatic rings. The first kappa shape index (κ1) is 17.8. The summed E-state index contributed by atoms with van der Waals surface area (Å²) in [6.07, 6.45) is 0. The third kappa shape index (κ3) is 2.50. The van der Waals surface area contributed by atoms with Gasteiger partial charge in [-0.05, 0) is 50.2 Å². The zero-order valence-corrected chi connectivity index (χ0v) is 14.8. The Balaban J connectivity index is 2.83. The van der Waals surface area contributed by atoms with Gasteiger partial charge in [0, 0.05) is 6.04 Å². The molecule has 0 aliphatic carbocycles. The van der Waals surface area contributed by atoms with E-state index in [-0.39, 0.29) is 12.0 Å². The Kier molecular flexibility index (Phi) is 4.45. The normalized spacial score (nSPS) is 21.3. The van der Waals surface area contributed by atoms with E-state index in [1.165, 1.54) is 0 Å². The van der Waals surface area contributed by atoms with Crippen LogP contribution < -0.4 is 5.46 Å². The molecule has 1 heterocycles. The van der Waals surface area contributed by atoms with E-state index >= 15 is 0 Å². The predicted octanol–water partition coefficient (Wildman–Crippen LogP) is 2.47. The lowest BCUT2D eigenvalue weighted by Crippen LogP contribution is -2.42. The molecule has 1 aliphatic heterocycles. The first-order chi connectivity index (χ1) is 9.92. The molecule has 0 saturated heterocycles. The maximum absolute atomic E-state index is 10.9. The number of nitrogens with zero attached hydrogens (tertiary/aromatic N) is 1. The van der Waals surface area contributed by atoms with Crippen LogP contribution in [0.2, 0.25) is 0 Å². The molecule has 4 N–H and O–H groups in total. The van der Waals surface area contributed by atoms with Crippen molar-refractivity contribution in [3.05, 3.63) is 23.3 Å². The van der Waals surface area contributed by atoms with Crippen LogP contribution in [0.4, 0.5) is 0 Å². The Morgan fingerprint density at radius 2 is 1.64 bits per heavy atom. The van der Waals surface area contributed by atoms with E-state index < -0.39 is 23.4 Å². The second-order valence-electron chi connectivity index (χ2n) is 7.01. The van der Waals surface area contributed by atoms with E-state index in [1.54, 1.807) is 16.4 Å². The molecular weight excluding hydrogens is 301 g/mol. The number of hydrogen-bond donors (Lipinski definition) is 4. The summed E-state index contributed by atoms with van der Waals surface area (Å²) in [6, 6.07) is 3.29. The summed E-state index contributed by atoms with van der Waals surface area (Å²) in [4.78, 5) is 0.547. The van der Waals surface area contributed by atoms with Crippen molar-refractivity contribution in [2.24, 2.45) is 0 Å². The number of fused-ring (bicyclic) bond motifs is 1. The standard InChI is InChI=1S/C15H26BNO4S/c1-9(2)12-7-11(16(18)19)8-13-14(12)22(20,21)17(10(3)4)15(13,5)6/h7-10,18-21H,1-6H3. The average Bonchev–Trinajstić information content (AvgIpc) is 2.51. The van der Waals surface area contributed by atoms with Gasteiger partial charge in [0.2, 0.25) is 0 Å². The van der Waals surface area contributed by atoms with Crippen molar-refractivity contribution in [1.29, 1.82) is 0 Å². The molecule has 0 bridgehead atoms. The molecule has 124 valence electrons. The van der Waals surface area contributed by atoms with Crippen LogP contribution in [0.15, 0.2) is 17.0 Å². The third-order valence-electron chi connectivity index (χ3n) is 4.29. The highest BCUT2D eigenvalue weighted by molar-refractivity contribution is 8.22. The molecule has 2 rings (SSSR count). The van der Waals surface area contributed by atoms with Crippen molar-refractivity contribution in [2.75, 3.05) is 0 Å². The Morgan fingerprint density at radius 3 is 2.05 bits per heavy atom. The van der Waals surface area contributed by atoms with Crippen LogP contribution in [-0.4, -0.2) is 36.6 Å². The van der Waals surface area contributed by atoms with Gasteiger partial charge in [-0.1, -0.05) is 26.0 Å². The topological polar surface area (TPSA) is 84.2 Å². The fraction of sp³-hybridized carbons (Fsp3) is 0.600. The molecule has 22 heavy (non-hydrogen) atoms. The van der Waals surface area contributed by atoms with Crippen LogP contribution in [0.25, 0.3) is 0 Å². The summed E-state index contributed by atoms with van der Waals surface area (Å²) in [5, 5.41) is 19.1. The summed E-state index contributed by atoms with van der Waals surface area (Å²) in [7, 11) is -4.68. The van der Waals surface area contributed by atoms with Crippen molar-refractivity contribution >= 4 is 23.4 Å². The van der Waals surface area contributed by atoms with Gasteiger partial charge in [0.15, 0.2) is 0 Å². The molecule has 0 amide bonds. The van der Waals surface area contributed by atoms with Crippen molar-refractivity contribution in [3.63, 3.8) is 0 Å². The fourth-order valence-electron chi connectivity index (χ4n) is 3.49. The fourth-order valence-corrected chi connectivity index (χ4v) is 6.22. The van der Waals surface area contributed by atoms with Gasteiger partial charge in [-0.3, -0.25) is 9.11 Å². The molecule has 0 aromatic heterocycles. The molecular formula is C15H26BNO4S. The van der Waals surface area contributed by atoms with Crippen molar-refractivity contribution in [1.82, 2.24) is 4.31 Å². The largest absolute Gasteiger partial charge is 0.488 e. The maximum atomic E-state index is 10.9. The van der Waals surface area contributed by atoms with Gasteiger partial charge in [0.1, 0.15) is 0 Å². The number of benzene rings is 1. The quantitative estimate of drug-likeness (QED) is 0.641. The van der Waals surface area contributed by atoms with E-state index in [1.807, 2.05) is 41.5 Å². The first-order valence-electron chi connectivity index (χ1n) is 7.54. The molecule has 7 heteroatoms. The highest BCUT2D eigenvalue weighted by Gasteiger charge is 2.51. The van der Waals surface area contributed by atoms with Gasteiger partial charge >= 0.3 is 7.12 Å². The summed E-state index contributed by atoms with van der Waals surface area (Å²) >= 11 is 0. The Bertz CT molecular complexity index is 587. The van der Waals surface area contributed by atoms with E-state index in [2.05, 4.69) is 0 Å². The van der Waals surface area contributed by atoms with Gasteiger partial charge in [-0.15, -0.1) is 10.8 Å². The zero-order valence-electron chi connectivity index (χ0n) is 14.0. The number of rotatable bonds is 3. The number of hydrogen-bond acceptors (Lipinski definition) is 5. The lowest BCUT2D eigenvalue weighted by atomic mass is 9.75. The monoisotopic (exact) mass is 327 g/mol. The first-order valence-corrected chi connectivity index (χ1v) is 9.05. The van der Waals surface area contributed by atoms with Gasteiger partial charge in [0.25, 0.3) is 0 Å². The van der Waals surface area contributed by atoms with Gasteiger partial charge in [-0.2, -0.15) is 4.31 Å². The molecule has 0 unspecified atom stereocenters. The predicted molar refractivity (Wildman–Crippen MR) is 91.5 cm³/mol. The van der Waals surface area contributed by atoms with Crippen molar-refractivity contribution in [2.45, 2.75) is 63.9 Å². The minimum absolute atomic E-state index is 0.0431. The van der Waals surface area contributed by atoms with Crippen molar-refractivity contribution < 1.29 is 19.2 Å². The average molecular weight is 327 g/mol. The Hall–Kier alpha value is -0.565. The Morgan fingerprint density at radius 1 is 1.09 bits per heavy atom. The molecule has 0 spiro atoms. The molecule has 0 radical (unpaired) electrons. The molecule has 0 fully saturated rings. The lowest BCUT2D eigenvalue weighted by molar-refractivity contribution is 0.186. The smallest absolute Gasteiger partial charge is 0.423 e. The molecule has 1 aromatic rings. The van der Waals surface area contributed by atoms with Crippen LogP contribution in [0.5, 0.6) is 0 Å². The van der Waals surface area contributed by atoms with Crippen molar-refractivity contribution in [3.8, 4) is 0 Å². The van der Waals surface area contributed by atoms with E-state index in [4.69, 9.17) is 0 Å². The maximum Gasteiger partial charge on any atom is 0.488 e. The summed E-state index contributed by atoms with van der Waals surface area (Å²) < 4.78 is 23.5. The SMILES string of the molecule is CC(C)c1cc(B(O)O)cc2c1S(O)(O)N(C(C)C)C2(C)C. The van der Waals surface area contributed by atoms with E-state index in [9.17, 15) is 19.2 Å². The van der Waals surface area contributed by atoms with E-state index in [0.717, 1.165) is 11.1 Å². The molecule has 0 atom stereocenters. The van der Waals surface area contributed by atoms with Crippen LogP contribution in [0.1, 0.15) is 58.6 Å². The van der Waals surface area contributed by atoms with Crippen LogP contribution in [0.3, 0.4) is 0 Å². The second kappa shape index (κ2) is 5.51. The minimum Gasteiger partial charge on any atom is -0.423 e. The molecule has 0 saturated carbocycles. The summed E-state index contributed by atoms with van der Waals surface area (Å²) in [6.45, 7) is 11.7. The highest BCUT2D eigenvalue weighted by Crippen LogP contribution is 2.67. The van der Waals surface area contributed by atoms with E-state index in [0.29, 0.717) is 10.4 Å². The highest BCUT2D eigenvalue weighted by atomic mass is 32.3. The summed E-state index contributed by atoms with van der Waals surface area (Å²) in [5.41, 5.74) is 1.31. The Labute approximate surface area is 134 Å². The van der Waals surface area contributed by atoms with Crippen LogP contribution in [-0.2, 0) is 5.54 Å². The van der Waals surface area contributed by atoms with Gasteiger partial charge < -0.3 is 10.0 Å². The third-order valence-corrected chi connectivity index (χ3v) is 6.72. The minimum atomic E-state index is -3.10. The summed E-state index contributed by atoms with van der Waals surface area (Å²) in [5.74, 6) is 0.0431. The van der Waals surface area contributed by atoms with Gasteiger partial charge in [-0.25, -0.2) is 0 Å². The van der Waals surface area contributed by atoms with Gasteiger partial charge in [0.05, 0.1) is 10.4 Å².